The number of hydrogen-bond donors (Lipinski definition) is 5. The number of nitro benzene ring substituents is 1. The summed E-state index contributed by atoms with van der Waals surface area (Å²) in [5, 5.41) is 32.5. The minimum atomic E-state index is -0.486. The van der Waals surface area contributed by atoms with E-state index >= 15 is 0 Å². The van der Waals surface area contributed by atoms with Crippen molar-refractivity contribution < 1.29 is 9.31 Å². The number of benzene rings is 9. The topological polar surface area (TPSA) is 274 Å². The summed E-state index contributed by atoms with van der Waals surface area (Å²) in [5.41, 5.74) is 10.5. The van der Waals surface area contributed by atoms with E-state index in [2.05, 4.69) is 92.6 Å². The molecule has 0 spiro atoms. The summed E-state index contributed by atoms with van der Waals surface area (Å²) in [6, 6.07) is 82.0. The van der Waals surface area contributed by atoms with Crippen LogP contribution in [-0.4, -0.2) is 102 Å². The number of para-hydroxylation sites is 4. The van der Waals surface area contributed by atoms with Gasteiger partial charge in [0.05, 0.1) is 55.6 Å². The molecule has 0 atom stereocenters. The molecule has 109 heavy (non-hydrogen) atoms. The Bertz CT molecular complexity index is 5890. The highest BCUT2D eigenvalue weighted by Gasteiger charge is 2.28. The molecule has 0 bridgehead atoms. The van der Waals surface area contributed by atoms with Crippen molar-refractivity contribution in [3.63, 3.8) is 0 Å². The molecule has 0 radical (unpaired) electrons. The van der Waals surface area contributed by atoms with Crippen LogP contribution in [0.3, 0.4) is 0 Å². The zero-order chi connectivity index (χ0) is 74.3. The smallest absolute Gasteiger partial charge is 0.270 e. The average molecular weight is 1430 g/mol. The van der Waals surface area contributed by atoms with Gasteiger partial charge in [0, 0.05) is 117 Å². The van der Waals surface area contributed by atoms with Crippen LogP contribution in [0.2, 0.25) is 0 Å². The van der Waals surface area contributed by atoms with Crippen LogP contribution in [0.15, 0.2) is 298 Å². The van der Waals surface area contributed by atoms with E-state index in [0.717, 1.165) is 114 Å². The number of nitrogens with zero attached hydrogens (tertiary/aromatic N) is 15. The highest BCUT2D eigenvalue weighted by molar-refractivity contribution is 5.98. The number of hydrogen-bond acceptors (Lipinski definition) is 21. The normalized spacial score (nSPS) is 11.6. The Hall–Kier alpha value is -14.6. The number of rotatable bonds is 18. The van der Waals surface area contributed by atoms with Gasteiger partial charge in [-0.15, -0.1) is 0 Å². The monoisotopic (exact) mass is 1430 g/mol. The van der Waals surface area contributed by atoms with E-state index in [9.17, 15) is 14.5 Å². The van der Waals surface area contributed by atoms with Gasteiger partial charge in [0.1, 0.15) is 40.7 Å². The van der Waals surface area contributed by atoms with Gasteiger partial charge >= 0.3 is 0 Å². The van der Waals surface area contributed by atoms with E-state index in [1.54, 1.807) is 67.5 Å². The molecule has 8 heterocycles. The molecule has 9 aromatic carbocycles. The second kappa shape index (κ2) is 33.0. The second-order valence-electron chi connectivity index (χ2n) is 25.5. The third kappa shape index (κ3) is 17.1. The Morgan fingerprint density at radius 2 is 0.798 bits per heavy atom. The van der Waals surface area contributed by atoms with Gasteiger partial charge in [-0.2, -0.15) is 0 Å². The summed E-state index contributed by atoms with van der Waals surface area (Å²) in [7, 11) is 4.13. The van der Waals surface area contributed by atoms with Gasteiger partial charge in [0.2, 0.25) is 0 Å². The zero-order valence-corrected chi connectivity index (χ0v) is 59.1. The molecule has 0 amide bonds. The van der Waals surface area contributed by atoms with E-state index < -0.39 is 10.7 Å². The fourth-order valence-electron chi connectivity index (χ4n) is 11.9. The van der Waals surface area contributed by atoms with Crippen molar-refractivity contribution in [1.82, 2.24) is 69.7 Å². The maximum absolute atomic E-state index is 14.2. The highest BCUT2D eigenvalue weighted by atomic mass is 19.1. The van der Waals surface area contributed by atoms with Crippen molar-refractivity contribution in [2.45, 2.75) is 18.8 Å². The Kier molecular flexibility index (Phi) is 21.2. The standard InChI is InChI=1S/C33H23N7.C19H12FN5O2.C18H20N4.C16H14N4/c1-3-11-22(12-4-1)30-35-26-17-9-7-15-24(26)32(39-30)37-28-19-20-34-21-29(28)38-33-25-16-8-10-18-27(25)36-31(40-33)23-13-5-2-6-14-23;20-16-4-2-1-3-14(16)18-23-17-6-5-13(25(26)27)11-15(17)19(24-18)22-12-7-9-21-10-8-12;1-22(2)13-12-19-18-15-10-6-7-11-16(15)20-17(21-18)14-8-4-3-5-9-14;1-2-4-14-13(3-1)16(18-12-7-9-17-10-8-12)20-15(19-14)11-5-6-11/h1-21H,(H,36,38,40)(H,34,35,37,39);1-11H,(H,21,22,23,24);3-11H,12-13H2,1-2H3,(H,19,20,21);1-4,7-11H,5-6H2,(H,17,18,19,20). The number of fused-ring (bicyclic) bond motifs is 5. The summed E-state index contributed by atoms with van der Waals surface area (Å²) in [6.45, 7) is 1.81. The largest absolute Gasteiger partial charge is 0.368 e. The summed E-state index contributed by atoms with van der Waals surface area (Å²) in [5.74, 6) is 6.80. The lowest BCUT2D eigenvalue weighted by Gasteiger charge is -2.16. The van der Waals surface area contributed by atoms with Gasteiger partial charge in [-0.05, 0) is 124 Å². The Morgan fingerprint density at radius 3 is 1.29 bits per heavy atom. The first kappa shape index (κ1) is 70.1. The molecule has 1 saturated carbocycles. The fourth-order valence-corrected chi connectivity index (χ4v) is 11.9. The highest BCUT2D eigenvalue weighted by Crippen LogP contribution is 2.40. The van der Waals surface area contributed by atoms with Crippen LogP contribution in [0.25, 0.3) is 100 Å². The van der Waals surface area contributed by atoms with Crippen molar-refractivity contribution in [1.29, 1.82) is 0 Å². The molecule has 22 nitrogen and oxygen atoms in total. The zero-order valence-electron chi connectivity index (χ0n) is 59.1. The Labute approximate surface area is 625 Å². The molecular weight excluding hydrogens is 1360 g/mol. The lowest BCUT2D eigenvalue weighted by atomic mass is 10.1. The van der Waals surface area contributed by atoms with Crippen molar-refractivity contribution >= 4 is 112 Å². The molecule has 1 fully saturated rings. The number of nitro groups is 1. The number of nitrogens with one attached hydrogen (secondary N) is 5. The molecule has 5 N–H and O–H groups in total. The fraction of sp³-hybridized carbons (Fsp3) is 0.0814. The third-order valence-corrected chi connectivity index (χ3v) is 17.5. The lowest BCUT2D eigenvalue weighted by Crippen LogP contribution is -2.21. The third-order valence-electron chi connectivity index (χ3n) is 17.5. The van der Waals surface area contributed by atoms with E-state index in [4.69, 9.17) is 29.9 Å². The predicted molar refractivity (Wildman–Crippen MR) is 431 cm³/mol. The van der Waals surface area contributed by atoms with Crippen LogP contribution in [-0.2, 0) is 0 Å². The molecule has 1 aliphatic carbocycles. The number of halogens is 1. The van der Waals surface area contributed by atoms with Crippen molar-refractivity contribution in [3.05, 3.63) is 320 Å². The average Bonchev–Trinajstić information content (AvgIpc) is 1.61. The minimum Gasteiger partial charge on any atom is -0.368 e. The van der Waals surface area contributed by atoms with Crippen molar-refractivity contribution in [2.75, 3.05) is 53.8 Å². The Balaban J connectivity index is 0.000000120. The molecule has 8 aromatic heterocycles. The van der Waals surface area contributed by atoms with Crippen molar-refractivity contribution in [3.8, 4) is 45.6 Å². The molecule has 532 valence electrons. The molecule has 0 aliphatic heterocycles. The van der Waals surface area contributed by atoms with Crippen LogP contribution in [0.4, 0.5) is 61.9 Å². The summed E-state index contributed by atoms with van der Waals surface area (Å²) < 4.78 is 14.2. The quantitative estimate of drug-likeness (QED) is 0.0394. The van der Waals surface area contributed by atoms with E-state index in [0.29, 0.717) is 51.6 Å². The second-order valence-corrected chi connectivity index (χ2v) is 25.5. The maximum atomic E-state index is 14.2. The molecule has 0 unspecified atom stereocenters. The number of pyridine rings is 3. The van der Waals surface area contributed by atoms with Gasteiger partial charge in [0.25, 0.3) is 5.69 Å². The van der Waals surface area contributed by atoms with E-state index in [1.807, 2.05) is 194 Å². The minimum absolute atomic E-state index is 0.0810. The number of likely N-dealkylation sites (N-methyl/N-ethyl adjacent to an activating group) is 1. The van der Waals surface area contributed by atoms with Gasteiger partial charge in [-0.25, -0.2) is 54.2 Å². The van der Waals surface area contributed by atoms with Gasteiger partial charge in [-0.3, -0.25) is 25.1 Å². The van der Waals surface area contributed by atoms with E-state index in [-0.39, 0.29) is 17.1 Å². The van der Waals surface area contributed by atoms with Crippen LogP contribution in [0, 0.1) is 15.9 Å². The van der Waals surface area contributed by atoms with Gasteiger partial charge in [-0.1, -0.05) is 152 Å². The first-order chi connectivity index (χ1) is 53.6. The molecule has 18 rings (SSSR count). The first-order valence-corrected chi connectivity index (χ1v) is 35.2. The molecule has 1 aliphatic rings. The summed E-state index contributed by atoms with van der Waals surface area (Å²) in [4.78, 5) is 72.2. The lowest BCUT2D eigenvalue weighted by molar-refractivity contribution is -0.384. The molecule has 17 aromatic rings. The molecule has 0 saturated heterocycles. The van der Waals surface area contributed by atoms with Gasteiger partial charge in [0.15, 0.2) is 23.3 Å². The Morgan fingerprint density at radius 1 is 0.394 bits per heavy atom. The van der Waals surface area contributed by atoms with Crippen LogP contribution >= 0.6 is 0 Å². The molecular formula is C86H69FN20O2. The van der Waals surface area contributed by atoms with Crippen LogP contribution < -0.4 is 26.6 Å². The first-order valence-electron chi connectivity index (χ1n) is 35.2. The number of aromatic nitrogens is 13. The van der Waals surface area contributed by atoms with Crippen molar-refractivity contribution in [2.24, 2.45) is 0 Å². The van der Waals surface area contributed by atoms with E-state index in [1.165, 1.54) is 37.1 Å². The van der Waals surface area contributed by atoms with Crippen LogP contribution in [0.5, 0.6) is 0 Å². The van der Waals surface area contributed by atoms with Gasteiger partial charge < -0.3 is 31.5 Å². The SMILES string of the molecule is CN(C)CCNc1nc(-c2ccccc2)nc2ccccc12.O=[N+]([O-])c1ccc2nc(-c3ccccc3F)nc(Nc3ccncc3)c2c1.c1ccc(-c2nc(Nc3ccncc3Nc3nc(-c4ccccc4)nc4ccccc34)c3ccccc3n2)cc1.c1ccc2c(Nc3ccncc3)nc(C3CC3)nc2c1. The predicted octanol–water partition coefficient (Wildman–Crippen LogP) is 19.2. The maximum Gasteiger partial charge on any atom is 0.270 e. The number of anilines is 9. The summed E-state index contributed by atoms with van der Waals surface area (Å²) in [6.07, 6.45) is 12.7. The van der Waals surface area contributed by atoms with Crippen LogP contribution in [0.1, 0.15) is 24.6 Å². The summed E-state index contributed by atoms with van der Waals surface area (Å²) >= 11 is 0. The molecule has 23 heteroatoms. The number of non-ortho nitro benzene ring substituents is 1.